The van der Waals surface area contributed by atoms with Crippen LogP contribution in [0.3, 0.4) is 0 Å². The Kier molecular flexibility index (Phi) is 4.25. The van der Waals surface area contributed by atoms with Gasteiger partial charge in [0.05, 0.1) is 6.26 Å². The van der Waals surface area contributed by atoms with Crippen molar-refractivity contribution in [3.8, 4) is 0 Å². The first-order valence-corrected chi connectivity index (χ1v) is 7.81. The predicted octanol–water partition coefficient (Wildman–Crippen LogP) is 1.47. The Morgan fingerprint density at radius 2 is 2.00 bits per heavy atom. The molecule has 108 valence electrons. The lowest BCUT2D eigenvalue weighted by molar-refractivity contribution is 0.217. The van der Waals surface area contributed by atoms with Gasteiger partial charge in [-0.3, -0.25) is 0 Å². The van der Waals surface area contributed by atoms with Gasteiger partial charge in [-0.05, 0) is 49.9 Å². The van der Waals surface area contributed by atoms with E-state index in [1.807, 2.05) is 0 Å². The van der Waals surface area contributed by atoms with Gasteiger partial charge in [0.15, 0.2) is 0 Å². The molecule has 0 aromatic carbocycles. The van der Waals surface area contributed by atoms with Crippen molar-refractivity contribution < 1.29 is 12.8 Å². The molecule has 0 amide bonds. The third-order valence-corrected chi connectivity index (χ3v) is 5.89. The van der Waals surface area contributed by atoms with Crippen molar-refractivity contribution in [1.29, 1.82) is 0 Å². The van der Waals surface area contributed by atoms with Crippen LogP contribution in [0.4, 0.5) is 0 Å². The largest absolute Gasteiger partial charge is 0.452 e. The fourth-order valence-corrected chi connectivity index (χ4v) is 4.46. The van der Waals surface area contributed by atoms with Crippen molar-refractivity contribution in [3.63, 3.8) is 0 Å². The number of hydrogen-bond donors (Lipinski definition) is 1. The number of nitrogens with one attached hydrogen (secondary N) is 1. The predicted molar refractivity (Wildman–Crippen MR) is 73.9 cm³/mol. The van der Waals surface area contributed by atoms with Crippen LogP contribution >= 0.6 is 12.4 Å². The van der Waals surface area contributed by atoms with Crippen molar-refractivity contribution in [1.82, 2.24) is 9.62 Å². The molecule has 3 heterocycles. The number of rotatable bonds is 2. The van der Waals surface area contributed by atoms with Gasteiger partial charge < -0.3 is 9.73 Å². The van der Waals surface area contributed by atoms with Crippen LogP contribution in [0, 0.1) is 5.41 Å². The minimum Gasteiger partial charge on any atom is -0.452 e. The Morgan fingerprint density at radius 1 is 1.26 bits per heavy atom. The number of hydrogen-bond acceptors (Lipinski definition) is 4. The molecule has 2 aliphatic heterocycles. The summed E-state index contributed by atoms with van der Waals surface area (Å²) in [6, 6.07) is 3.13. The molecule has 2 fully saturated rings. The van der Waals surface area contributed by atoms with Crippen molar-refractivity contribution in [3.05, 3.63) is 18.4 Å². The number of nitrogens with zero attached hydrogens (tertiary/aromatic N) is 1. The molecule has 0 aliphatic carbocycles. The second kappa shape index (κ2) is 5.44. The first-order valence-electron chi connectivity index (χ1n) is 6.37. The van der Waals surface area contributed by atoms with Gasteiger partial charge >= 0.3 is 0 Å². The van der Waals surface area contributed by atoms with E-state index in [4.69, 9.17) is 4.42 Å². The molecule has 19 heavy (non-hydrogen) atoms. The standard InChI is InChI=1S/C12H18N2O3S.ClH/c15-18(16,11-2-1-9-17-11)14-8-5-12(10-14)3-6-13-7-4-12;/h1-2,9,13H,3-8,10H2;1H. The Balaban J connectivity index is 0.00000133. The molecular formula is C12H19ClN2O3S. The first-order chi connectivity index (χ1) is 8.62. The van der Waals surface area contributed by atoms with E-state index < -0.39 is 10.0 Å². The lowest BCUT2D eigenvalue weighted by atomic mass is 9.78. The molecule has 1 N–H and O–H groups in total. The normalized spacial score (nSPS) is 23.4. The molecule has 0 bridgehead atoms. The summed E-state index contributed by atoms with van der Waals surface area (Å²) in [6.45, 7) is 3.24. The van der Waals surface area contributed by atoms with Gasteiger partial charge in [0, 0.05) is 13.1 Å². The quantitative estimate of drug-likeness (QED) is 0.898. The monoisotopic (exact) mass is 306 g/mol. The van der Waals surface area contributed by atoms with Crippen LogP contribution in [0.15, 0.2) is 27.9 Å². The van der Waals surface area contributed by atoms with E-state index >= 15 is 0 Å². The number of furan rings is 1. The fourth-order valence-electron chi connectivity index (χ4n) is 3.00. The van der Waals surface area contributed by atoms with Gasteiger partial charge in [-0.2, -0.15) is 4.31 Å². The summed E-state index contributed by atoms with van der Waals surface area (Å²) in [5.74, 6) is 0. The van der Waals surface area contributed by atoms with Crippen molar-refractivity contribution in [2.45, 2.75) is 24.4 Å². The van der Waals surface area contributed by atoms with Gasteiger partial charge in [0.1, 0.15) is 0 Å². The first kappa shape index (κ1) is 14.8. The summed E-state index contributed by atoms with van der Waals surface area (Å²) >= 11 is 0. The van der Waals surface area contributed by atoms with Gasteiger partial charge in [-0.1, -0.05) is 0 Å². The molecule has 1 aromatic rings. The van der Waals surface area contributed by atoms with Crippen LogP contribution in [0.5, 0.6) is 0 Å². The average molecular weight is 307 g/mol. The minimum atomic E-state index is -3.42. The zero-order valence-electron chi connectivity index (χ0n) is 10.7. The summed E-state index contributed by atoms with van der Waals surface area (Å²) < 4.78 is 31.3. The molecule has 7 heteroatoms. The number of halogens is 1. The SMILES string of the molecule is Cl.O=S(=O)(c1ccco1)N1CCC2(CCNCC2)C1. The van der Waals surface area contributed by atoms with Gasteiger partial charge in [-0.15, -0.1) is 12.4 Å². The zero-order valence-corrected chi connectivity index (χ0v) is 12.3. The van der Waals surface area contributed by atoms with E-state index in [1.165, 1.54) is 12.3 Å². The lowest BCUT2D eigenvalue weighted by Gasteiger charge is -2.33. The summed E-state index contributed by atoms with van der Waals surface area (Å²) in [5.41, 5.74) is 0.185. The lowest BCUT2D eigenvalue weighted by Crippen LogP contribution is -2.39. The van der Waals surface area contributed by atoms with E-state index in [1.54, 1.807) is 10.4 Å². The highest BCUT2D eigenvalue weighted by molar-refractivity contribution is 7.89. The van der Waals surface area contributed by atoms with Crippen LogP contribution in [-0.4, -0.2) is 38.9 Å². The molecule has 2 aliphatic rings. The molecular weight excluding hydrogens is 288 g/mol. The molecule has 0 atom stereocenters. The van der Waals surface area contributed by atoms with Crippen LogP contribution in [0.25, 0.3) is 0 Å². The highest BCUT2D eigenvalue weighted by Gasteiger charge is 2.43. The summed E-state index contributed by atoms with van der Waals surface area (Å²) in [6.07, 6.45) is 4.51. The maximum atomic E-state index is 12.3. The Labute approximate surface area is 119 Å². The van der Waals surface area contributed by atoms with Crippen molar-refractivity contribution >= 4 is 22.4 Å². The highest BCUT2D eigenvalue weighted by Crippen LogP contribution is 2.40. The summed E-state index contributed by atoms with van der Waals surface area (Å²) in [5, 5.41) is 3.39. The molecule has 0 radical (unpaired) electrons. The van der Waals surface area contributed by atoms with Crippen molar-refractivity contribution in [2.24, 2.45) is 5.41 Å². The van der Waals surface area contributed by atoms with Gasteiger partial charge in [0.25, 0.3) is 10.0 Å². The molecule has 1 aromatic heterocycles. The van der Waals surface area contributed by atoms with Crippen LogP contribution in [0.2, 0.25) is 0 Å². The Bertz CT molecular complexity index is 509. The Hall–Kier alpha value is -0.560. The molecule has 1 spiro atoms. The fraction of sp³-hybridized carbons (Fsp3) is 0.667. The molecule has 0 saturated carbocycles. The highest BCUT2D eigenvalue weighted by atomic mass is 35.5. The van der Waals surface area contributed by atoms with E-state index in [2.05, 4.69) is 5.32 Å². The van der Waals surface area contributed by atoms with E-state index in [0.29, 0.717) is 13.1 Å². The van der Waals surface area contributed by atoms with Gasteiger partial charge in [-0.25, -0.2) is 8.42 Å². The molecule has 5 nitrogen and oxygen atoms in total. The summed E-state index contributed by atoms with van der Waals surface area (Å²) in [7, 11) is -3.42. The minimum absolute atomic E-state index is 0. The smallest absolute Gasteiger partial charge is 0.276 e. The third-order valence-electron chi connectivity index (χ3n) is 4.16. The topological polar surface area (TPSA) is 62.6 Å². The third kappa shape index (κ3) is 2.67. The number of piperidine rings is 1. The van der Waals surface area contributed by atoms with Crippen LogP contribution in [-0.2, 0) is 10.0 Å². The molecule has 3 rings (SSSR count). The van der Waals surface area contributed by atoms with Crippen LogP contribution < -0.4 is 5.32 Å². The Morgan fingerprint density at radius 3 is 2.63 bits per heavy atom. The summed E-state index contributed by atoms with van der Waals surface area (Å²) in [4.78, 5) is 0. The maximum Gasteiger partial charge on any atom is 0.276 e. The average Bonchev–Trinajstić information content (AvgIpc) is 3.00. The molecule has 0 unspecified atom stereocenters. The second-order valence-corrected chi connectivity index (χ2v) is 7.14. The maximum absolute atomic E-state index is 12.3. The zero-order chi connectivity index (χ0) is 12.6. The van der Waals surface area contributed by atoms with E-state index in [9.17, 15) is 8.42 Å². The van der Waals surface area contributed by atoms with E-state index in [0.717, 1.165) is 32.4 Å². The van der Waals surface area contributed by atoms with Crippen LogP contribution in [0.1, 0.15) is 19.3 Å². The second-order valence-electron chi connectivity index (χ2n) is 5.27. The van der Waals surface area contributed by atoms with Gasteiger partial charge in [0.2, 0.25) is 5.09 Å². The molecule has 2 saturated heterocycles. The van der Waals surface area contributed by atoms with E-state index in [-0.39, 0.29) is 22.9 Å². The number of sulfonamides is 1. The van der Waals surface area contributed by atoms with Crippen molar-refractivity contribution in [2.75, 3.05) is 26.2 Å².